The Labute approximate surface area is 99.9 Å². The van der Waals surface area contributed by atoms with Crippen molar-refractivity contribution in [1.82, 2.24) is 4.90 Å². The van der Waals surface area contributed by atoms with E-state index in [2.05, 4.69) is 0 Å². The quantitative estimate of drug-likeness (QED) is 0.849. The summed E-state index contributed by atoms with van der Waals surface area (Å²) in [7, 11) is 0. The van der Waals surface area contributed by atoms with Crippen LogP contribution in [0.2, 0.25) is 0 Å². The van der Waals surface area contributed by atoms with E-state index in [1.54, 1.807) is 18.2 Å². The molecule has 1 saturated heterocycles. The molecule has 0 radical (unpaired) electrons. The van der Waals surface area contributed by atoms with E-state index in [1.165, 1.54) is 6.07 Å². The molecule has 1 aromatic carbocycles. The molecule has 0 aliphatic carbocycles. The fourth-order valence-electron chi connectivity index (χ4n) is 2.12. The van der Waals surface area contributed by atoms with Crippen molar-refractivity contribution in [3.8, 4) is 0 Å². The Balaban J connectivity index is 1.87. The highest BCUT2D eigenvalue weighted by Crippen LogP contribution is 2.11. The highest BCUT2D eigenvalue weighted by atomic mass is 19.1. The number of carbonyl (C=O) groups is 1. The number of nitrogens with zero attached hydrogens (tertiary/aromatic N) is 1. The number of hydrogen-bond acceptors (Lipinski definition) is 3. The molecular formula is C13H16FNO2. The van der Waals surface area contributed by atoms with Crippen LogP contribution >= 0.6 is 0 Å². The van der Waals surface area contributed by atoms with Gasteiger partial charge in [0.15, 0.2) is 5.78 Å². The van der Waals surface area contributed by atoms with Crippen LogP contribution in [0.1, 0.15) is 12.0 Å². The Morgan fingerprint density at radius 3 is 2.88 bits per heavy atom. The third-order valence-electron chi connectivity index (χ3n) is 2.99. The highest BCUT2D eigenvalue weighted by Gasteiger charge is 2.22. The van der Waals surface area contributed by atoms with Gasteiger partial charge in [0.25, 0.3) is 0 Å². The van der Waals surface area contributed by atoms with E-state index in [9.17, 15) is 14.3 Å². The van der Waals surface area contributed by atoms with E-state index in [4.69, 9.17) is 0 Å². The molecule has 1 atom stereocenters. The number of benzene rings is 1. The van der Waals surface area contributed by atoms with Crippen LogP contribution in [0.5, 0.6) is 0 Å². The van der Waals surface area contributed by atoms with Gasteiger partial charge in [0, 0.05) is 19.5 Å². The number of Topliss-reactive ketones (excluding diaryl/α,β-unsaturated/α-hetero) is 1. The summed E-state index contributed by atoms with van der Waals surface area (Å²) < 4.78 is 13.3. The smallest absolute Gasteiger partial charge is 0.151 e. The molecule has 0 saturated carbocycles. The van der Waals surface area contributed by atoms with Crippen molar-refractivity contribution >= 4 is 5.78 Å². The second-order valence-electron chi connectivity index (χ2n) is 4.48. The van der Waals surface area contributed by atoms with Gasteiger partial charge in [0.2, 0.25) is 0 Å². The Kier molecular flexibility index (Phi) is 3.86. The van der Waals surface area contributed by atoms with Gasteiger partial charge in [0.05, 0.1) is 12.6 Å². The molecule has 1 aliphatic heterocycles. The number of aliphatic hydroxyl groups excluding tert-OH is 1. The first kappa shape index (κ1) is 12.2. The van der Waals surface area contributed by atoms with Crippen molar-refractivity contribution in [3.63, 3.8) is 0 Å². The summed E-state index contributed by atoms with van der Waals surface area (Å²) in [4.78, 5) is 13.6. The maximum Gasteiger partial charge on any atom is 0.151 e. The fourth-order valence-corrected chi connectivity index (χ4v) is 2.12. The first-order chi connectivity index (χ1) is 8.15. The van der Waals surface area contributed by atoms with Gasteiger partial charge in [-0.3, -0.25) is 9.69 Å². The Bertz CT molecular complexity index is 408. The zero-order chi connectivity index (χ0) is 12.3. The monoisotopic (exact) mass is 237 g/mol. The lowest BCUT2D eigenvalue weighted by atomic mass is 10.1. The van der Waals surface area contributed by atoms with Gasteiger partial charge < -0.3 is 5.11 Å². The van der Waals surface area contributed by atoms with Crippen molar-refractivity contribution in [3.05, 3.63) is 35.6 Å². The van der Waals surface area contributed by atoms with Crippen molar-refractivity contribution in [2.75, 3.05) is 19.6 Å². The standard InChI is InChI=1S/C13H16FNO2/c14-13-4-2-1-3-10(13)7-12(17)9-15-6-5-11(16)8-15/h1-4,11,16H,5-9H2. The zero-order valence-electron chi connectivity index (χ0n) is 9.60. The summed E-state index contributed by atoms with van der Waals surface area (Å²) in [6.45, 7) is 1.58. The lowest BCUT2D eigenvalue weighted by molar-refractivity contribution is -0.119. The normalized spacial score (nSPS) is 20.7. The Morgan fingerprint density at radius 2 is 2.24 bits per heavy atom. The van der Waals surface area contributed by atoms with Crippen LogP contribution in [0.25, 0.3) is 0 Å². The van der Waals surface area contributed by atoms with Crippen LogP contribution in [0.4, 0.5) is 4.39 Å². The molecule has 0 bridgehead atoms. The van der Waals surface area contributed by atoms with Crippen LogP contribution in [0.3, 0.4) is 0 Å². The van der Waals surface area contributed by atoms with E-state index in [0.29, 0.717) is 25.1 Å². The topological polar surface area (TPSA) is 40.5 Å². The third-order valence-corrected chi connectivity index (χ3v) is 2.99. The number of halogens is 1. The molecule has 1 heterocycles. The summed E-state index contributed by atoms with van der Waals surface area (Å²) in [5.74, 6) is -0.341. The molecule has 1 N–H and O–H groups in total. The van der Waals surface area contributed by atoms with Crippen molar-refractivity contribution in [2.24, 2.45) is 0 Å². The van der Waals surface area contributed by atoms with Crippen LogP contribution in [0.15, 0.2) is 24.3 Å². The third kappa shape index (κ3) is 3.35. The largest absolute Gasteiger partial charge is 0.392 e. The Morgan fingerprint density at radius 1 is 1.47 bits per heavy atom. The zero-order valence-corrected chi connectivity index (χ0v) is 9.60. The van der Waals surface area contributed by atoms with Gasteiger partial charge in [-0.05, 0) is 18.1 Å². The van der Waals surface area contributed by atoms with E-state index in [-0.39, 0.29) is 24.1 Å². The maximum atomic E-state index is 13.3. The summed E-state index contributed by atoms with van der Waals surface area (Å²) in [5, 5.41) is 9.33. The first-order valence-electron chi connectivity index (χ1n) is 5.80. The Hall–Kier alpha value is -1.26. The molecule has 3 nitrogen and oxygen atoms in total. The molecule has 0 spiro atoms. The second-order valence-corrected chi connectivity index (χ2v) is 4.48. The molecule has 1 aliphatic rings. The van der Waals surface area contributed by atoms with Gasteiger partial charge in [-0.2, -0.15) is 0 Å². The highest BCUT2D eigenvalue weighted by molar-refractivity contribution is 5.82. The fraction of sp³-hybridized carbons (Fsp3) is 0.462. The van der Waals surface area contributed by atoms with Gasteiger partial charge in [-0.1, -0.05) is 18.2 Å². The SMILES string of the molecule is O=C(Cc1ccccc1F)CN1CCC(O)C1. The molecule has 92 valence electrons. The lowest BCUT2D eigenvalue weighted by Crippen LogP contribution is -2.29. The number of β-amino-alcohol motifs (C(OH)–C–C–N with tert-alkyl or cyclic N) is 1. The summed E-state index contributed by atoms with van der Waals surface area (Å²) in [5.41, 5.74) is 0.442. The predicted molar refractivity (Wildman–Crippen MR) is 62.2 cm³/mol. The van der Waals surface area contributed by atoms with E-state index in [0.717, 1.165) is 6.54 Å². The van der Waals surface area contributed by atoms with Crippen molar-refractivity contribution in [1.29, 1.82) is 0 Å². The van der Waals surface area contributed by atoms with E-state index < -0.39 is 0 Å². The van der Waals surface area contributed by atoms with Crippen molar-refractivity contribution < 1.29 is 14.3 Å². The van der Waals surface area contributed by atoms with Crippen LogP contribution in [0, 0.1) is 5.82 Å². The maximum absolute atomic E-state index is 13.3. The van der Waals surface area contributed by atoms with E-state index in [1.807, 2.05) is 4.90 Å². The van der Waals surface area contributed by atoms with Gasteiger partial charge in [0.1, 0.15) is 5.82 Å². The molecule has 0 amide bonds. The molecule has 1 fully saturated rings. The molecule has 1 unspecified atom stereocenters. The number of likely N-dealkylation sites (tertiary alicyclic amines) is 1. The lowest BCUT2D eigenvalue weighted by Gasteiger charge is -2.13. The number of rotatable bonds is 4. The van der Waals surface area contributed by atoms with Crippen LogP contribution in [-0.4, -0.2) is 41.5 Å². The summed E-state index contributed by atoms with van der Waals surface area (Å²) >= 11 is 0. The molecule has 1 aromatic rings. The number of hydrogen-bond donors (Lipinski definition) is 1. The minimum atomic E-state index is -0.331. The van der Waals surface area contributed by atoms with Gasteiger partial charge >= 0.3 is 0 Å². The number of ketones is 1. The van der Waals surface area contributed by atoms with Crippen molar-refractivity contribution in [2.45, 2.75) is 18.9 Å². The summed E-state index contributed by atoms with van der Waals surface area (Å²) in [6.07, 6.45) is 0.517. The predicted octanol–water partition coefficient (Wildman–Crippen LogP) is 1.00. The molecular weight excluding hydrogens is 221 g/mol. The molecule has 17 heavy (non-hydrogen) atoms. The van der Waals surface area contributed by atoms with E-state index >= 15 is 0 Å². The molecule has 2 rings (SSSR count). The molecule has 0 aromatic heterocycles. The van der Waals surface area contributed by atoms with Gasteiger partial charge in [-0.25, -0.2) is 4.39 Å². The number of carbonyl (C=O) groups excluding carboxylic acids is 1. The van der Waals surface area contributed by atoms with Crippen LogP contribution in [-0.2, 0) is 11.2 Å². The average Bonchev–Trinajstić information content (AvgIpc) is 2.67. The minimum Gasteiger partial charge on any atom is -0.392 e. The first-order valence-corrected chi connectivity index (χ1v) is 5.80. The second kappa shape index (κ2) is 5.38. The molecule has 4 heteroatoms. The summed E-state index contributed by atoms with van der Waals surface area (Å²) in [6, 6.07) is 6.33. The number of aliphatic hydroxyl groups is 1. The van der Waals surface area contributed by atoms with Gasteiger partial charge in [-0.15, -0.1) is 0 Å². The minimum absolute atomic E-state index is 0.01000. The van der Waals surface area contributed by atoms with Crippen LogP contribution < -0.4 is 0 Å². The average molecular weight is 237 g/mol.